The van der Waals surface area contributed by atoms with E-state index in [2.05, 4.69) is 10.2 Å². The third kappa shape index (κ3) is 2.96. The zero-order valence-electron chi connectivity index (χ0n) is 14.1. The second-order valence-electron chi connectivity index (χ2n) is 6.25. The fraction of sp³-hybridized carbons (Fsp3) is 0.263. The van der Waals surface area contributed by atoms with Crippen LogP contribution in [0.4, 0.5) is 15.8 Å². The van der Waals surface area contributed by atoms with E-state index >= 15 is 0 Å². The molecule has 1 N–H and O–H groups in total. The summed E-state index contributed by atoms with van der Waals surface area (Å²) in [5.74, 6) is -0.307. The summed E-state index contributed by atoms with van der Waals surface area (Å²) in [7, 11) is 0. The summed E-state index contributed by atoms with van der Waals surface area (Å²) in [4.78, 5) is 27.8. The first-order valence-electron chi connectivity index (χ1n) is 8.48. The number of hydrogen-bond acceptors (Lipinski definition) is 4. The molecule has 7 heteroatoms. The molecule has 0 atom stereocenters. The van der Waals surface area contributed by atoms with Crippen molar-refractivity contribution in [3.8, 4) is 5.75 Å². The second kappa shape index (κ2) is 6.67. The van der Waals surface area contributed by atoms with Gasteiger partial charge in [0, 0.05) is 26.2 Å². The zero-order valence-corrected chi connectivity index (χ0v) is 14.1. The van der Waals surface area contributed by atoms with E-state index in [0.29, 0.717) is 37.6 Å². The number of fused-ring (bicyclic) bond motifs is 1. The van der Waals surface area contributed by atoms with Gasteiger partial charge in [0.15, 0.2) is 12.4 Å². The molecular weight excluding hydrogens is 337 g/mol. The summed E-state index contributed by atoms with van der Waals surface area (Å²) < 4.78 is 19.4. The van der Waals surface area contributed by atoms with Gasteiger partial charge in [-0.1, -0.05) is 18.2 Å². The van der Waals surface area contributed by atoms with E-state index in [0.717, 1.165) is 5.69 Å². The first-order valence-corrected chi connectivity index (χ1v) is 8.48. The van der Waals surface area contributed by atoms with Crippen molar-refractivity contribution in [2.45, 2.75) is 0 Å². The number of anilines is 2. The van der Waals surface area contributed by atoms with Crippen LogP contribution >= 0.6 is 0 Å². The van der Waals surface area contributed by atoms with Gasteiger partial charge in [-0.25, -0.2) is 4.39 Å². The molecule has 2 aromatic carbocycles. The number of benzene rings is 2. The maximum absolute atomic E-state index is 13.8. The van der Waals surface area contributed by atoms with Gasteiger partial charge >= 0.3 is 0 Å². The third-order valence-electron chi connectivity index (χ3n) is 4.63. The quantitative estimate of drug-likeness (QED) is 0.896. The van der Waals surface area contributed by atoms with E-state index in [4.69, 9.17) is 4.74 Å². The average molecular weight is 355 g/mol. The van der Waals surface area contributed by atoms with Crippen LogP contribution in [0.3, 0.4) is 0 Å². The highest BCUT2D eigenvalue weighted by Gasteiger charge is 2.27. The molecular formula is C19H18FN3O3. The van der Waals surface area contributed by atoms with Gasteiger partial charge in [-0.3, -0.25) is 9.59 Å². The Morgan fingerprint density at radius 1 is 1.04 bits per heavy atom. The summed E-state index contributed by atoms with van der Waals surface area (Å²) in [5, 5.41) is 2.80. The lowest BCUT2D eigenvalue weighted by atomic mass is 10.1. The van der Waals surface area contributed by atoms with E-state index < -0.39 is 5.82 Å². The molecule has 2 aliphatic rings. The van der Waals surface area contributed by atoms with Crippen LogP contribution in [0, 0.1) is 5.82 Å². The Kier molecular flexibility index (Phi) is 4.20. The number of para-hydroxylation sites is 1. The van der Waals surface area contributed by atoms with Crippen LogP contribution in [-0.4, -0.2) is 49.5 Å². The van der Waals surface area contributed by atoms with E-state index in [1.54, 1.807) is 23.1 Å². The second-order valence-corrected chi connectivity index (χ2v) is 6.25. The smallest absolute Gasteiger partial charge is 0.262 e. The fourth-order valence-corrected chi connectivity index (χ4v) is 3.30. The van der Waals surface area contributed by atoms with Crippen molar-refractivity contribution in [1.82, 2.24) is 4.90 Å². The minimum atomic E-state index is -0.499. The van der Waals surface area contributed by atoms with Crippen molar-refractivity contribution in [2.75, 3.05) is 43.0 Å². The molecule has 0 radical (unpaired) electrons. The van der Waals surface area contributed by atoms with Crippen LogP contribution in [0.15, 0.2) is 42.5 Å². The van der Waals surface area contributed by atoms with Crippen LogP contribution in [0.5, 0.6) is 5.75 Å². The molecule has 0 bridgehead atoms. The predicted octanol–water partition coefficient (Wildman–Crippen LogP) is 2.12. The Morgan fingerprint density at radius 2 is 1.81 bits per heavy atom. The van der Waals surface area contributed by atoms with Gasteiger partial charge in [-0.2, -0.15) is 0 Å². The Hall–Kier alpha value is -3.09. The summed E-state index contributed by atoms with van der Waals surface area (Å²) in [6.45, 7) is 2.18. The number of carbonyl (C=O) groups excluding carboxylic acids is 2. The Morgan fingerprint density at radius 3 is 2.58 bits per heavy atom. The number of hydrogen-bond donors (Lipinski definition) is 1. The van der Waals surface area contributed by atoms with Crippen molar-refractivity contribution in [1.29, 1.82) is 0 Å². The highest BCUT2D eigenvalue weighted by atomic mass is 19.1. The van der Waals surface area contributed by atoms with Gasteiger partial charge in [-0.05, 0) is 24.3 Å². The lowest BCUT2D eigenvalue weighted by molar-refractivity contribution is -0.118. The van der Waals surface area contributed by atoms with Crippen molar-refractivity contribution in [3.05, 3.63) is 53.8 Å². The molecule has 26 heavy (non-hydrogen) atoms. The normalized spacial score (nSPS) is 16.6. The number of rotatable bonds is 2. The average Bonchev–Trinajstić information content (AvgIpc) is 2.67. The molecule has 1 saturated heterocycles. The largest absolute Gasteiger partial charge is 0.479 e. The van der Waals surface area contributed by atoms with Crippen molar-refractivity contribution in [3.63, 3.8) is 0 Å². The number of ether oxygens (including phenoxy) is 1. The maximum atomic E-state index is 13.8. The highest BCUT2D eigenvalue weighted by Crippen LogP contribution is 2.38. The molecule has 1 fully saturated rings. The Bertz CT molecular complexity index is 863. The van der Waals surface area contributed by atoms with Crippen LogP contribution in [0.1, 0.15) is 10.4 Å². The summed E-state index contributed by atoms with van der Waals surface area (Å²) >= 11 is 0. The number of carbonyl (C=O) groups is 2. The molecule has 0 unspecified atom stereocenters. The SMILES string of the molecule is O=C1COc2c(cccc2N2CCN(C(=O)c3ccccc3F)CC2)N1. The van der Waals surface area contributed by atoms with E-state index in [9.17, 15) is 14.0 Å². The van der Waals surface area contributed by atoms with Crippen molar-refractivity contribution >= 4 is 23.2 Å². The summed E-state index contributed by atoms with van der Waals surface area (Å²) in [6, 6.07) is 11.6. The number of piperazine rings is 1. The van der Waals surface area contributed by atoms with Gasteiger partial charge in [0.05, 0.1) is 16.9 Å². The zero-order chi connectivity index (χ0) is 18.1. The molecule has 6 nitrogen and oxygen atoms in total. The molecule has 0 aromatic heterocycles. The van der Waals surface area contributed by atoms with Crippen LogP contribution < -0.4 is 15.0 Å². The van der Waals surface area contributed by atoms with E-state index in [-0.39, 0.29) is 24.0 Å². The molecule has 0 aliphatic carbocycles. The molecule has 2 aromatic rings. The lowest BCUT2D eigenvalue weighted by Gasteiger charge is -2.37. The highest BCUT2D eigenvalue weighted by molar-refractivity contribution is 5.97. The van der Waals surface area contributed by atoms with Crippen molar-refractivity contribution in [2.24, 2.45) is 0 Å². The lowest BCUT2D eigenvalue weighted by Crippen LogP contribution is -2.49. The van der Waals surface area contributed by atoms with Gasteiger partial charge in [-0.15, -0.1) is 0 Å². The molecule has 2 aliphatic heterocycles. The first-order chi connectivity index (χ1) is 12.6. The maximum Gasteiger partial charge on any atom is 0.262 e. The minimum Gasteiger partial charge on any atom is -0.479 e. The Labute approximate surface area is 150 Å². The van der Waals surface area contributed by atoms with Crippen molar-refractivity contribution < 1.29 is 18.7 Å². The van der Waals surface area contributed by atoms with Gasteiger partial charge in [0.1, 0.15) is 5.82 Å². The molecule has 2 amide bonds. The molecule has 4 rings (SSSR count). The molecule has 0 spiro atoms. The minimum absolute atomic E-state index is 0.00422. The summed E-state index contributed by atoms with van der Waals surface area (Å²) in [6.07, 6.45) is 0. The first kappa shape index (κ1) is 16.4. The predicted molar refractivity (Wildman–Crippen MR) is 95.1 cm³/mol. The third-order valence-corrected chi connectivity index (χ3v) is 4.63. The number of nitrogens with one attached hydrogen (secondary N) is 1. The van der Waals surface area contributed by atoms with E-state index in [1.807, 2.05) is 12.1 Å². The van der Waals surface area contributed by atoms with Crippen LogP contribution in [0.2, 0.25) is 0 Å². The number of halogens is 1. The topological polar surface area (TPSA) is 61.9 Å². The number of nitrogens with zero attached hydrogens (tertiary/aromatic N) is 2. The van der Waals surface area contributed by atoms with Gasteiger partial charge in [0.2, 0.25) is 0 Å². The van der Waals surface area contributed by atoms with Gasteiger partial charge < -0.3 is 19.9 Å². The van der Waals surface area contributed by atoms with Crippen LogP contribution in [0.25, 0.3) is 0 Å². The number of amides is 2. The standard InChI is InChI=1S/C19H18FN3O3/c20-14-5-2-1-4-13(14)19(25)23-10-8-22(9-11-23)16-7-3-6-15-18(16)26-12-17(24)21-15/h1-7H,8-12H2,(H,21,24). The fourth-order valence-electron chi connectivity index (χ4n) is 3.30. The van der Waals surface area contributed by atoms with Crippen LogP contribution in [-0.2, 0) is 4.79 Å². The Balaban J connectivity index is 1.48. The van der Waals surface area contributed by atoms with Gasteiger partial charge in [0.25, 0.3) is 11.8 Å². The molecule has 2 heterocycles. The molecule has 134 valence electrons. The summed E-state index contributed by atoms with van der Waals surface area (Å²) in [5.41, 5.74) is 1.65. The van der Waals surface area contributed by atoms with E-state index in [1.165, 1.54) is 12.1 Å². The molecule has 0 saturated carbocycles. The monoisotopic (exact) mass is 355 g/mol.